The molecule has 0 radical (unpaired) electrons. The van der Waals surface area contributed by atoms with Gasteiger partial charge in [-0.3, -0.25) is 0 Å². The summed E-state index contributed by atoms with van der Waals surface area (Å²) >= 11 is 0. The van der Waals surface area contributed by atoms with Crippen molar-refractivity contribution >= 4 is 5.95 Å². The zero-order valence-corrected chi connectivity index (χ0v) is 11.2. The average Bonchev–Trinajstić information content (AvgIpc) is 2.21. The number of piperidine rings is 1. The van der Waals surface area contributed by atoms with Crippen molar-refractivity contribution in [3.05, 3.63) is 17.5 Å². The molecule has 1 aromatic rings. The molecule has 2 unspecified atom stereocenters. The predicted octanol–water partition coefficient (Wildman–Crippen LogP) is 1.85. The summed E-state index contributed by atoms with van der Waals surface area (Å²) < 4.78 is 0. The number of anilines is 1. The summed E-state index contributed by atoms with van der Waals surface area (Å²) in [6, 6.07) is 2.50. The topological polar surface area (TPSA) is 41.1 Å². The van der Waals surface area contributed by atoms with Crippen molar-refractivity contribution in [1.29, 1.82) is 0 Å². The molecule has 0 aliphatic carbocycles. The normalized spacial score (nSPS) is 25.9. The standard InChI is InChI=1S/C13H22N4/c1-9-8-17(4)6-5-12(9)16-13-14-10(2)7-11(3)15-13/h7,9,12H,5-6,8H2,1-4H3,(H,14,15,16). The molecule has 17 heavy (non-hydrogen) atoms. The van der Waals surface area contributed by atoms with E-state index >= 15 is 0 Å². The van der Waals surface area contributed by atoms with Crippen LogP contribution in [0.1, 0.15) is 24.7 Å². The molecule has 0 spiro atoms. The molecule has 1 fully saturated rings. The molecule has 0 saturated carbocycles. The van der Waals surface area contributed by atoms with Crippen molar-refractivity contribution in [2.24, 2.45) is 5.92 Å². The minimum atomic E-state index is 0.493. The Morgan fingerprint density at radius 2 is 1.94 bits per heavy atom. The molecule has 4 nitrogen and oxygen atoms in total. The molecule has 1 aliphatic rings. The number of nitrogens with zero attached hydrogens (tertiary/aromatic N) is 3. The minimum Gasteiger partial charge on any atom is -0.351 e. The molecular weight excluding hydrogens is 212 g/mol. The largest absolute Gasteiger partial charge is 0.351 e. The van der Waals surface area contributed by atoms with E-state index in [0.717, 1.165) is 36.8 Å². The van der Waals surface area contributed by atoms with E-state index in [2.05, 4.69) is 34.2 Å². The van der Waals surface area contributed by atoms with Gasteiger partial charge in [-0.25, -0.2) is 9.97 Å². The van der Waals surface area contributed by atoms with Crippen LogP contribution >= 0.6 is 0 Å². The smallest absolute Gasteiger partial charge is 0.223 e. The van der Waals surface area contributed by atoms with Crippen LogP contribution in [0.5, 0.6) is 0 Å². The Hall–Kier alpha value is -1.16. The first-order valence-corrected chi connectivity index (χ1v) is 6.32. The Kier molecular flexibility index (Phi) is 3.62. The second kappa shape index (κ2) is 5.00. The van der Waals surface area contributed by atoms with Crippen LogP contribution in [0, 0.1) is 19.8 Å². The van der Waals surface area contributed by atoms with Gasteiger partial charge in [-0.2, -0.15) is 0 Å². The van der Waals surface area contributed by atoms with Crippen molar-refractivity contribution in [2.75, 3.05) is 25.5 Å². The lowest BCUT2D eigenvalue weighted by Gasteiger charge is -2.35. The van der Waals surface area contributed by atoms with Gasteiger partial charge in [-0.15, -0.1) is 0 Å². The summed E-state index contributed by atoms with van der Waals surface area (Å²) in [5.74, 6) is 1.42. The molecule has 1 saturated heterocycles. The van der Waals surface area contributed by atoms with E-state index in [0.29, 0.717) is 12.0 Å². The van der Waals surface area contributed by atoms with E-state index in [-0.39, 0.29) is 0 Å². The van der Waals surface area contributed by atoms with Crippen molar-refractivity contribution in [2.45, 2.75) is 33.2 Å². The Labute approximate surface area is 103 Å². The van der Waals surface area contributed by atoms with E-state index in [9.17, 15) is 0 Å². The predicted molar refractivity (Wildman–Crippen MR) is 70.2 cm³/mol. The first kappa shape index (κ1) is 12.3. The fourth-order valence-electron chi connectivity index (χ4n) is 2.52. The fourth-order valence-corrected chi connectivity index (χ4v) is 2.52. The van der Waals surface area contributed by atoms with Crippen LogP contribution in [0.25, 0.3) is 0 Å². The van der Waals surface area contributed by atoms with Crippen LogP contribution in [0.3, 0.4) is 0 Å². The van der Waals surface area contributed by atoms with Crippen molar-refractivity contribution in [3.63, 3.8) is 0 Å². The highest BCUT2D eigenvalue weighted by Gasteiger charge is 2.24. The van der Waals surface area contributed by atoms with Gasteiger partial charge >= 0.3 is 0 Å². The number of aromatic nitrogens is 2. The number of hydrogen-bond donors (Lipinski definition) is 1. The molecule has 2 rings (SSSR count). The van der Waals surface area contributed by atoms with Crippen molar-refractivity contribution in [1.82, 2.24) is 14.9 Å². The van der Waals surface area contributed by atoms with Gasteiger partial charge in [0.05, 0.1) is 0 Å². The molecule has 1 aromatic heterocycles. The van der Waals surface area contributed by atoms with E-state index in [4.69, 9.17) is 0 Å². The lowest BCUT2D eigenvalue weighted by atomic mass is 9.94. The molecule has 2 heterocycles. The molecule has 0 aromatic carbocycles. The highest BCUT2D eigenvalue weighted by molar-refractivity contribution is 5.29. The van der Waals surface area contributed by atoms with E-state index in [1.807, 2.05) is 19.9 Å². The Morgan fingerprint density at radius 1 is 1.29 bits per heavy atom. The second-order valence-corrected chi connectivity index (χ2v) is 5.25. The zero-order valence-electron chi connectivity index (χ0n) is 11.2. The van der Waals surface area contributed by atoms with E-state index in [1.165, 1.54) is 0 Å². The lowest BCUT2D eigenvalue weighted by Crippen LogP contribution is -2.43. The molecule has 94 valence electrons. The summed E-state index contributed by atoms with van der Waals surface area (Å²) in [5, 5.41) is 3.48. The van der Waals surface area contributed by atoms with Gasteiger partial charge in [0.25, 0.3) is 0 Å². The maximum atomic E-state index is 4.45. The van der Waals surface area contributed by atoms with Gasteiger partial charge in [0.15, 0.2) is 0 Å². The minimum absolute atomic E-state index is 0.493. The third-order valence-corrected chi connectivity index (χ3v) is 3.41. The van der Waals surface area contributed by atoms with Gasteiger partial charge in [-0.1, -0.05) is 6.92 Å². The van der Waals surface area contributed by atoms with Gasteiger partial charge in [0.2, 0.25) is 5.95 Å². The maximum Gasteiger partial charge on any atom is 0.223 e. The molecule has 4 heteroatoms. The van der Waals surface area contributed by atoms with Crippen LogP contribution < -0.4 is 5.32 Å². The highest BCUT2D eigenvalue weighted by atomic mass is 15.2. The summed E-state index contributed by atoms with van der Waals surface area (Å²) in [5.41, 5.74) is 2.06. The van der Waals surface area contributed by atoms with Gasteiger partial charge in [0, 0.05) is 24.0 Å². The van der Waals surface area contributed by atoms with Crippen LogP contribution in [-0.2, 0) is 0 Å². The Balaban J connectivity index is 2.05. The number of likely N-dealkylation sites (tertiary alicyclic amines) is 1. The summed E-state index contributed by atoms with van der Waals surface area (Å²) in [4.78, 5) is 11.3. The highest BCUT2D eigenvalue weighted by Crippen LogP contribution is 2.18. The van der Waals surface area contributed by atoms with Crippen molar-refractivity contribution in [3.8, 4) is 0 Å². The first-order chi connectivity index (χ1) is 8.04. The molecule has 0 bridgehead atoms. The first-order valence-electron chi connectivity index (χ1n) is 6.32. The maximum absolute atomic E-state index is 4.45. The Morgan fingerprint density at radius 3 is 2.53 bits per heavy atom. The van der Waals surface area contributed by atoms with Gasteiger partial charge in [-0.05, 0) is 45.8 Å². The van der Waals surface area contributed by atoms with Gasteiger partial charge < -0.3 is 10.2 Å². The average molecular weight is 234 g/mol. The third kappa shape index (κ3) is 3.16. The number of rotatable bonds is 2. The monoisotopic (exact) mass is 234 g/mol. The van der Waals surface area contributed by atoms with Crippen molar-refractivity contribution < 1.29 is 0 Å². The zero-order chi connectivity index (χ0) is 12.4. The molecular formula is C13H22N4. The van der Waals surface area contributed by atoms with Gasteiger partial charge in [0.1, 0.15) is 0 Å². The number of nitrogens with one attached hydrogen (secondary N) is 1. The number of aryl methyl sites for hydroxylation is 2. The quantitative estimate of drug-likeness (QED) is 0.848. The SMILES string of the molecule is Cc1cc(C)nc(NC2CCN(C)CC2C)n1. The summed E-state index contributed by atoms with van der Waals surface area (Å²) in [6.45, 7) is 8.60. The van der Waals surface area contributed by atoms with Crippen LogP contribution in [-0.4, -0.2) is 41.0 Å². The fraction of sp³-hybridized carbons (Fsp3) is 0.692. The van der Waals surface area contributed by atoms with E-state index < -0.39 is 0 Å². The van der Waals surface area contributed by atoms with E-state index in [1.54, 1.807) is 0 Å². The molecule has 1 aliphatic heterocycles. The molecule has 1 N–H and O–H groups in total. The Bertz CT molecular complexity index is 371. The van der Waals surface area contributed by atoms with Crippen LogP contribution in [0.15, 0.2) is 6.07 Å². The summed E-state index contributed by atoms with van der Waals surface area (Å²) in [7, 11) is 2.18. The van der Waals surface area contributed by atoms with Crippen LogP contribution in [0.2, 0.25) is 0 Å². The number of hydrogen-bond acceptors (Lipinski definition) is 4. The molecule has 2 atom stereocenters. The third-order valence-electron chi connectivity index (χ3n) is 3.41. The second-order valence-electron chi connectivity index (χ2n) is 5.25. The van der Waals surface area contributed by atoms with Crippen LogP contribution in [0.4, 0.5) is 5.95 Å². The lowest BCUT2D eigenvalue weighted by molar-refractivity contribution is 0.205. The summed E-state index contributed by atoms with van der Waals surface area (Å²) in [6.07, 6.45) is 1.16. The molecule has 0 amide bonds.